The van der Waals surface area contributed by atoms with Gasteiger partial charge in [-0.05, 0) is 24.6 Å². The predicted octanol–water partition coefficient (Wildman–Crippen LogP) is 3.55. The zero-order valence-corrected chi connectivity index (χ0v) is 9.06. The number of nitrogens with one attached hydrogen (secondary N) is 1. The molecule has 0 atom stereocenters. The summed E-state index contributed by atoms with van der Waals surface area (Å²) in [4.78, 5) is 11.3. The third-order valence-corrected chi connectivity index (χ3v) is 2.54. The smallest absolute Gasteiger partial charge is 0.283 e. The first kappa shape index (κ1) is 11.1. The zero-order chi connectivity index (χ0) is 10.2. The van der Waals surface area contributed by atoms with E-state index >= 15 is 0 Å². The number of thioether (sulfide) groups is 1. The lowest BCUT2D eigenvalue weighted by atomic mass is 10.3. The SMILES string of the molecule is CCCCSC(=O)Nc1c[c]ccc1. The van der Waals surface area contributed by atoms with Gasteiger partial charge < -0.3 is 5.32 Å². The van der Waals surface area contributed by atoms with E-state index in [0.717, 1.165) is 24.3 Å². The van der Waals surface area contributed by atoms with E-state index in [1.54, 1.807) is 12.1 Å². The molecule has 0 fully saturated rings. The molecule has 0 unspecified atom stereocenters. The molecular formula is C11H14NOS. The Hall–Kier alpha value is -0.960. The maximum absolute atomic E-state index is 11.3. The van der Waals surface area contributed by atoms with Gasteiger partial charge in [0.1, 0.15) is 0 Å². The van der Waals surface area contributed by atoms with Crippen molar-refractivity contribution in [3.05, 3.63) is 30.3 Å². The van der Waals surface area contributed by atoms with Crippen molar-refractivity contribution in [1.29, 1.82) is 0 Å². The Morgan fingerprint density at radius 3 is 3.14 bits per heavy atom. The highest BCUT2D eigenvalue weighted by Gasteiger charge is 2.00. The molecule has 0 bridgehead atoms. The third-order valence-electron chi connectivity index (χ3n) is 1.68. The molecule has 0 saturated heterocycles. The number of hydrogen-bond donors (Lipinski definition) is 1. The molecule has 0 aromatic heterocycles. The lowest BCUT2D eigenvalue weighted by molar-refractivity contribution is 0.270. The Morgan fingerprint density at radius 1 is 1.64 bits per heavy atom. The fourth-order valence-corrected chi connectivity index (χ4v) is 1.74. The van der Waals surface area contributed by atoms with Crippen LogP contribution in [0.25, 0.3) is 0 Å². The van der Waals surface area contributed by atoms with E-state index in [1.807, 2.05) is 12.1 Å². The van der Waals surface area contributed by atoms with Gasteiger partial charge in [0, 0.05) is 11.4 Å². The van der Waals surface area contributed by atoms with Crippen molar-refractivity contribution >= 4 is 22.7 Å². The normalized spacial score (nSPS) is 9.79. The maximum Gasteiger partial charge on any atom is 0.283 e. The molecule has 1 N–H and O–H groups in total. The van der Waals surface area contributed by atoms with Crippen LogP contribution in [0.5, 0.6) is 0 Å². The average Bonchev–Trinajstić information content (AvgIpc) is 2.20. The van der Waals surface area contributed by atoms with Gasteiger partial charge in [-0.3, -0.25) is 4.79 Å². The van der Waals surface area contributed by atoms with E-state index in [1.165, 1.54) is 11.8 Å². The van der Waals surface area contributed by atoms with Crippen molar-refractivity contribution in [3.8, 4) is 0 Å². The van der Waals surface area contributed by atoms with Gasteiger partial charge in [0.25, 0.3) is 5.24 Å². The van der Waals surface area contributed by atoms with Crippen LogP contribution in [0.3, 0.4) is 0 Å². The first-order valence-electron chi connectivity index (χ1n) is 4.73. The van der Waals surface area contributed by atoms with Crippen LogP contribution < -0.4 is 5.32 Å². The number of carbonyl (C=O) groups is 1. The Bertz CT molecular complexity index is 274. The molecule has 1 amide bonds. The van der Waals surface area contributed by atoms with Crippen molar-refractivity contribution in [2.75, 3.05) is 11.1 Å². The van der Waals surface area contributed by atoms with Crippen LogP contribution in [0.2, 0.25) is 0 Å². The summed E-state index contributed by atoms with van der Waals surface area (Å²) in [6.07, 6.45) is 2.21. The molecule has 1 rings (SSSR count). The summed E-state index contributed by atoms with van der Waals surface area (Å²) in [6.45, 7) is 2.12. The molecule has 1 radical (unpaired) electrons. The van der Waals surface area contributed by atoms with Crippen molar-refractivity contribution in [2.24, 2.45) is 0 Å². The predicted molar refractivity (Wildman–Crippen MR) is 61.7 cm³/mol. The van der Waals surface area contributed by atoms with Gasteiger partial charge >= 0.3 is 0 Å². The van der Waals surface area contributed by atoms with Crippen molar-refractivity contribution in [2.45, 2.75) is 19.8 Å². The quantitative estimate of drug-likeness (QED) is 0.767. The van der Waals surface area contributed by atoms with Crippen LogP contribution in [-0.4, -0.2) is 11.0 Å². The number of anilines is 1. The molecular weight excluding hydrogens is 194 g/mol. The molecule has 14 heavy (non-hydrogen) atoms. The third kappa shape index (κ3) is 4.33. The van der Waals surface area contributed by atoms with Crippen molar-refractivity contribution in [1.82, 2.24) is 0 Å². The van der Waals surface area contributed by atoms with Gasteiger partial charge in [-0.15, -0.1) is 0 Å². The number of amides is 1. The summed E-state index contributed by atoms with van der Waals surface area (Å²) in [5.74, 6) is 0.888. The van der Waals surface area contributed by atoms with Gasteiger partial charge in [-0.25, -0.2) is 0 Å². The average molecular weight is 208 g/mol. The maximum atomic E-state index is 11.3. The number of carbonyl (C=O) groups excluding carboxylic acids is 1. The topological polar surface area (TPSA) is 29.1 Å². The van der Waals surface area contributed by atoms with Gasteiger partial charge in [0.15, 0.2) is 0 Å². The summed E-state index contributed by atoms with van der Waals surface area (Å²) in [7, 11) is 0. The lowest BCUT2D eigenvalue weighted by Gasteiger charge is -2.03. The van der Waals surface area contributed by atoms with Crippen LogP contribution in [0, 0.1) is 6.07 Å². The minimum atomic E-state index is 0.0121. The van der Waals surface area contributed by atoms with Crippen molar-refractivity contribution in [3.63, 3.8) is 0 Å². The Labute approximate surface area is 89.1 Å². The van der Waals surface area contributed by atoms with Crippen LogP contribution in [0.4, 0.5) is 10.5 Å². The van der Waals surface area contributed by atoms with Crippen LogP contribution in [0.15, 0.2) is 24.3 Å². The van der Waals surface area contributed by atoms with E-state index in [2.05, 4.69) is 18.3 Å². The number of unbranched alkanes of at least 4 members (excludes halogenated alkanes) is 1. The minimum Gasteiger partial charge on any atom is -0.317 e. The highest BCUT2D eigenvalue weighted by atomic mass is 32.2. The van der Waals surface area contributed by atoms with Crippen molar-refractivity contribution < 1.29 is 4.79 Å². The zero-order valence-electron chi connectivity index (χ0n) is 8.25. The summed E-state index contributed by atoms with van der Waals surface area (Å²) < 4.78 is 0. The Kier molecular flexibility index (Phi) is 5.15. The highest BCUT2D eigenvalue weighted by molar-refractivity contribution is 8.13. The van der Waals surface area contributed by atoms with Crippen LogP contribution in [-0.2, 0) is 0 Å². The highest BCUT2D eigenvalue weighted by Crippen LogP contribution is 2.11. The number of benzene rings is 1. The van der Waals surface area contributed by atoms with Crippen LogP contribution in [0.1, 0.15) is 19.8 Å². The molecule has 0 saturated carbocycles. The molecule has 0 aliphatic rings. The van der Waals surface area contributed by atoms with E-state index in [9.17, 15) is 4.79 Å². The lowest BCUT2D eigenvalue weighted by Crippen LogP contribution is -2.05. The largest absolute Gasteiger partial charge is 0.317 e. The summed E-state index contributed by atoms with van der Waals surface area (Å²) in [6, 6.07) is 10.2. The molecule has 0 aliphatic carbocycles. The molecule has 0 aliphatic heterocycles. The molecule has 0 spiro atoms. The number of rotatable bonds is 4. The molecule has 0 heterocycles. The second-order valence-electron chi connectivity index (χ2n) is 2.91. The van der Waals surface area contributed by atoms with E-state index in [0.29, 0.717) is 0 Å². The molecule has 1 aromatic rings. The summed E-state index contributed by atoms with van der Waals surface area (Å²) in [5.41, 5.74) is 0.807. The minimum absolute atomic E-state index is 0.0121. The fourth-order valence-electron chi connectivity index (χ4n) is 0.934. The first-order valence-corrected chi connectivity index (χ1v) is 5.71. The van der Waals surface area contributed by atoms with Crippen LogP contribution >= 0.6 is 11.8 Å². The molecule has 3 heteroatoms. The first-order chi connectivity index (χ1) is 6.83. The fraction of sp³-hybridized carbons (Fsp3) is 0.364. The second kappa shape index (κ2) is 6.49. The summed E-state index contributed by atoms with van der Waals surface area (Å²) in [5, 5.41) is 2.81. The second-order valence-corrected chi connectivity index (χ2v) is 3.97. The number of hydrogen-bond acceptors (Lipinski definition) is 2. The van der Waals surface area contributed by atoms with E-state index in [4.69, 9.17) is 0 Å². The monoisotopic (exact) mass is 208 g/mol. The Morgan fingerprint density at radius 2 is 2.50 bits per heavy atom. The van der Waals surface area contributed by atoms with Gasteiger partial charge in [-0.2, -0.15) is 0 Å². The van der Waals surface area contributed by atoms with Gasteiger partial charge in [0.05, 0.1) is 0 Å². The molecule has 2 nitrogen and oxygen atoms in total. The molecule has 75 valence electrons. The Balaban J connectivity index is 2.27. The summed E-state index contributed by atoms with van der Waals surface area (Å²) >= 11 is 1.33. The van der Waals surface area contributed by atoms with E-state index in [-0.39, 0.29) is 5.24 Å². The van der Waals surface area contributed by atoms with Gasteiger partial charge in [-0.1, -0.05) is 37.2 Å². The van der Waals surface area contributed by atoms with Gasteiger partial charge in [0.2, 0.25) is 0 Å². The molecule has 1 aromatic carbocycles. The standard InChI is InChI=1S/C11H14NOS/c1-2-3-9-14-11(13)12-10-7-5-4-6-8-10/h4-5,7-8H,2-3,9H2,1H3,(H,12,13). The van der Waals surface area contributed by atoms with E-state index < -0.39 is 0 Å².